The molecule has 35 heavy (non-hydrogen) atoms. The van der Waals surface area contributed by atoms with Gasteiger partial charge in [-0.05, 0) is 90.0 Å². The summed E-state index contributed by atoms with van der Waals surface area (Å²) in [6, 6.07) is 16.2. The molecule has 0 aliphatic heterocycles. The second-order valence-corrected chi connectivity index (χ2v) is 8.78. The average Bonchev–Trinajstić information content (AvgIpc) is 2.84. The van der Waals surface area contributed by atoms with Crippen LogP contribution in [0.5, 0.6) is 23.0 Å². The molecular formula is C26H26ClIN2O5. The summed E-state index contributed by atoms with van der Waals surface area (Å²) >= 11 is 8.25. The zero-order chi connectivity index (χ0) is 25.2. The van der Waals surface area contributed by atoms with Crippen LogP contribution in [0.15, 0.2) is 59.7 Å². The number of ether oxygens (including phenoxy) is 4. The van der Waals surface area contributed by atoms with Crippen LogP contribution in [0.25, 0.3) is 0 Å². The van der Waals surface area contributed by atoms with Gasteiger partial charge in [-0.2, -0.15) is 5.10 Å². The van der Waals surface area contributed by atoms with Crippen molar-refractivity contribution in [1.29, 1.82) is 0 Å². The number of nitrogens with one attached hydrogen (secondary N) is 1. The lowest BCUT2D eigenvalue weighted by Crippen LogP contribution is -2.17. The third-order valence-corrected chi connectivity index (χ3v) is 5.75. The minimum atomic E-state index is -0.371. The van der Waals surface area contributed by atoms with Crippen molar-refractivity contribution in [2.75, 3.05) is 20.3 Å². The van der Waals surface area contributed by atoms with Gasteiger partial charge in [0.15, 0.2) is 23.0 Å². The molecule has 0 spiro atoms. The largest absolute Gasteiger partial charge is 0.493 e. The van der Waals surface area contributed by atoms with Crippen LogP contribution in [-0.4, -0.2) is 32.4 Å². The van der Waals surface area contributed by atoms with Crippen LogP contribution in [0.4, 0.5) is 0 Å². The van der Waals surface area contributed by atoms with E-state index in [1.165, 1.54) is 7.11 Å². The molecule has 1 amide bonds. The lowest BCUT2D eigenvalue weighted by Gasteiger charge is -2.15. The first-order valence-corrected chi connectivity index (χ1v) is 12.4. The molecule has 0 fully saturated rings. The molecule has 0 heterocycles. The SMILES string of the molecule is CCOc1ccc(C(=O)N/N=C/c2cc(I)c(OCc3cccc(Cl)c3)c(OCC)c2)cc1OC. The van der Waals surface area contributed by atoms with Crippen molar-refractivity contribution < 1.29 is 23.7 Å². The van der Waals surface area contributed by atoms with Gasteiger partial charge in [0.05, 0.1) is 30.1 Å². The van der Waals surface area contributed by atoms with Crippen molar-refractivity contribution in [3.63, 3.8) is 0 Å². The summed E-state index contributed by atoms with van der Waals surface area (Å²) in [4.78, 5) is 12.5. The minimum Gasteiger partial charge on any atom is -0.493 e. The number of carbonyl (C=O) groups excluding carboxylic acids is 1. The number of carbonyl (C=O) groups is 1. The van der Waals surface area contributed by atoms with Gasteiger partial charge in [0.1, 0.15) is 6.61 Å². The Morgan fingerprint density at radius 1 is 1.00 bits per heavy atom. The Labute approximate surface area is 223 Å². The number of hydrazone groups is 1. The normalized spacial score (nSPS) is 10.8. The number of halogens is 2. The van der Waals surface area contributed by atoms with E-state index in [4.69, 9.17) is 30.5 Å². The van der Waals surface area contributed by atoms with Gasteiger partial charge in [-0.25, -0.2) is 5.43 Å². The van der Waals surface area contributed by atoms with Gasteiger partial charge in [0.2, 0.25) is 0 Å². The van der Waals surface area contributed by atoms with Crippen LogP contribution in [0.1, 0.15) is 35.3 Å². The molecule has 9 heteroatoms. The first kappa shape index (κ1) is 26.6. The van der Waals surface area contributed by atoms with Crippen molar-refractivity contribution in [2.45, 2.75) is 20.5 Å². The molecule has 1 N–H and O–H groups in total. The van der Waals surface area contributed by atoms with Crippen molar-refractivity contribution in [2.24, 2.45) is 5.10 Å². The minimum absolute atomic E-state index is 0.353. The number of hydrogen-bond donors (Lipinski definition) is 1. The van der Waals surface area contributed by atoms with E-state index in [0.717, 1.165) is 14.7 Å². The highest BCUT2D eigenvalue weighted by atomic mass is 127. The van der Waals surface area contributed by atoms with E-state index in [-0.39, 0.29) is 5.91 Å². The number of amides is 1. The van der Waals surface area contributed by atoms with Crippen LogP contribution in [0.3, 0.4) is 0 Å². The summed E-state index contributed by atoms with van der Waals surface area (Å²) in [6.07, 6.45) is 1.55. The third kappa shape index (κ3) is 7.50. The molecule has 0 unspecified atom stereocenters. The summed E-state index contributed by atoms with van der Waals surface area (Å²) in [5, 5.41) is 4.75. The van der Waals surface area contributed by atoms with Gasteiger partial charge >= 0.3 is 0 Å². The first-order valence-electron chi connectivity index (χ1n) is 10.9. The molecule has 0 aromatic heterocycles. The highest BCUT2D eigenvalue weighted by Crippen LogP contribution is 2.34. The highest BCUT2D eigenvalue weighted by molar-refractivity contribution is 14.1. The number of nitrogens with zero attached hydrogens (tertiary/aromatic N) is 1. The van der Waals surface area contributed by atoms with Crippen molar-refractivity contribution in [1.82, 2.24) is 5.43 Å². The smallest absolute Gasteiger partial charge is 0.271 e. The fraction of sp³-hybridized carbons (Fsp3) is 0.231. The highest BCUT2D eigenvalue weighted by Gasteiger charge is 2.13. The molecule has 0 saturated carbocycles. The van der Waals surface area contributed by atoms with Crippen LogP contribution in [-0.2, 0) is 6.61 Å². The lowest BCUT2D eigenvalue weighted by atomic mass is 10.2. The third-order valence-electron chi connectivity index (χ3n) is 4.71. The molecule has 0 aliphatic carbocycles. The Hall–Kier alpha value is -2.98. The van der Waals surface area contributed by atoms with Gasteiger partial charge in [0, 0.05) is 10.6 Å². The zero-order valence-electron chi connectivity index (χ0n) is 19.6. The van der Waals surface area contributed by atoms with E-state index in [1.54, 1.807) is 24.4 Å². The Bertz CT molecular complexity index is 1200. The van der Waals surface area contributed by atoms with Crippen LogP contribution in [0, 0.1) is 3.57 Å². The van der Waals surface area contributed by atoms with Crippen molar-refractivity contribution in [3.8, 4) is 23.0 Å². The van der Waals surface area contributed by atoms with Crippen LogP contribution < -0.4 is 24.4 Å². The Kier molecular flexibility index (Phi) is 10.0. The average molecular weight is 609 g/mol. The van der Waals surface area contributed by atoms with Gasteiger partial charge in [-0.15, -0.1) is 0 Å². The predicted octanol–water partition coefficient (Wildman–Crippen LogP) is 6.09. The molecule has 3 aromatic carbocycles. The van der Waals surface area contributed by atoms with Crippen molar-refractivity contribution >= 4 is 46.3 Å². The van der Waals surface area contributed by atoms with Crippen LogP contribution in [0.2, 0.25) is 5.02 Å². The van der Waals surface area contributed by atoms with Crippen LogP contribution >= 0.6 is 34.2 Å². The second-order valence-electron chi connectivity index (χ2n) is 7.18. The molecule has 184 valence electrons. The van der Waals surface area contributed by atoms with E-state index in [9.17, 15) is 4.79 Å². The maximum atomic E-state index is 12.5. The standard InChI is InChI=1S/C26H26ClIN2O5/c1-4-33-22-10-9-19(14-23(22)32-3)26(31)30-29-15-18-12-21(28)25(24(13-18)34-5-2)35-16-17-7-6-8-20(27)11-17/h6-15H,4-5,16H2,1-3H3,(H,30,31)/b29-15+. The molecule has 0 radical (unpaired) electrons. The van der Waals surface area contributed by atoms with E-state index >= 15 is 0 Å². The van der Waals surface area contributed by atoms with E-state index in [2.05, 4.69) is 33.1 Å². The number of benzene rings is 3. The number of rotatable bonds is 11. The summed E-state index contributed by atoms with van der Waals surface area (Å²) in [5.74, 6) is 1.91. The van der Waals surface area contributed by atoms with Gasteiger partial charge in [0.25, 0.3) is 5.91 Å². The first-order chi connectivity index (χ1) is 16.9. The number of hydrogen-bond acceptors (Lipinski definition) is 6. The molecule has 3 rings (SSSR count). The fourth-order valence-electron chi connectivity index (χ4n) is 3.16. The molecule has 7 nitrogen and oxygen atoms in total. The monoisotopic (exact) mass is 608 g/mol. The predicted molar refractivity (Wildman–Crippen MR) is 145 cm³/mol. The van der Waals surface area contributed by atoms with Gasteiger partial charge in [-0.1, -0.05) is 23.7 Å². The molecular weight excluding hydrogens is 583 g/mol. The van der Waals surface area contributed by atoms with Crippen molar-refractivity contribution in [3.05, 3.63) is 79.9 Å². The van der Waals surface area contributed by atoms with Gasteiger partial charge in [-0.3, -0.25) is 4.79 Å². The Morgan fingerprint density at radius 2 is 1.77 bits per heavy atom. The molecule has 3 aromatic rings. The van der Waals surface area contributed by atoms with Gasteiger partial charge < -0.3 is 18.9 Å². The summed E-state index contributed by atoms with van der Waals surface area (Å²) in [5.41, 5.74) is 4.64. The number of methoxy groups -OCH3 is 1. The van der Waals surface area contributed by atoms with E-state index < -0.39 is 0 Å². The molecule has 0 aliphatic rings. The lowest BCUT2D eigenvalue weighted by molar-refractivity contribution is 0.0954. The van der Waals surface area contributed by atoms with E-state index in [0.29, 0.717) is 53.4 Å². The summed E-state index contributed by atoms with van der Waals surface area (Å²) < 4.78 is 23.5. The molecule has 0 saturated heterocycles. The zero-order valence-corrected chi connectivity index (χ0v) is 22.6. The topological polar surface area (TPSA) is 78.4 Å². The summed E-state index contributed by atoms with van der Waals surface area (Å²) in [6.45, 7) is 5.11. The molecule has 0 bridgehead atoms. The van der Waals surface area contributed by atoms with E-state index in [1.807, 2.05) is 50.2 Å². The quantitative estimate of drug-likeness (QED) is 0.162. The molecule has 0 atom stereocenters. The fourth-order valence-corrected chi connectivity index (χ4v) is 4.16. The maximum absolute atomic E-state index is 12.5. The second kappa shape index (κ2) is 13.2. The Morgan fingerprint density at radius 3 is 2.49 bits per heavy atom. The summed E-state index contributed by atoms with van der Waals surface area (Å²) in [7, 11) is 1.53. The Balaban J connectivity index is 1.71. The maximum Gasteiger partial charge on any atom is 0.271 e.